The highest BCUT2D eigenvalue weighted by atomic mass is 35.5. The number of nitrogens with zero attached hydrogens (tertiary/aromatic N) is 2. The van der Waals surface area contributed by atoms with Crippen LogP contribution in [-0.4, -0.2) is 41.4 Å². The molecule has 0 atom stereocenters. The van der Waals surface area contributed by atoms with E-state index in [4.69, 9.17) is 11.6 Å². The number of benzene rings is 2. The lowest BCUT2D eigenvalue weighted by atomic mass is 10.2. The summed E-state index contributed by atoms with van der Waals surface area (Å²) in [5, 5.41) is 3.38. The molecule has 136 valence electrons. The van der Waals surface area contributed by atoms with E-state index in [0.29, 0.717) is 30.2 Å². The van der Waals surface area contributed by atoms with Crippen molar-refractivity contribution in [2.24, 2.45) is 0 Å². The van der Waals surface area contributed by atoms with Crippen molar-refractivity contribution in [3.05, 3.63) is 70.5 Å². The van der Waals surface area contributed by atoms with Crippen molar-refractivity contribution in [3.63, 3.8) is 0 Å². The van der Waals surface area contributed by atoms with E-state index in [9.17, 15) is 14.0 Å². The van der Waals surface area contributed by atoms with E-state index >= 15 is 0 Å². The number of carbonyl (C=O) groups is 2. The number of amides is 3. The summed E-state index contributed by atoms with van der Waals surface area (Å²) in [4.78, 5) is 27.5. The second-order valence-corrected chi connectivity index (χ2v) is 6.56. The van der Waals surface area contributed by atoms with Crippen LogP contribution in [0.15, 0.2) is 48.5 Å². The minimum atomic E-state index is -0.335. The van der Waals surface area contributed by atoms with Crippen LogP contribution in [0.4, 0.5) is 9.18 Å². The minimum Gasteiger partial charge on any atom is -0.350 e. The van der Waals surface area contributed by atoms with Crippen molar-refractivity contribution < 1.29 is 14.0 Å². The molecule has 1 fully saturated rings. The Labute approximate surface area is 156 Å². The smallest absolute Gasteiger partial charge is 0.320 e. The van der Waals surface area contributed by atoms with Gasteiger partial charge in [-0.3, -0.25) is 4.79 Å². The Morgan fingerprint density at radius 1 is 1.12 bits per heavy atom. The Kier molecular flexibility index (Phi) is 5.73. The Morgan fingerprint density at radius 3 is 2.65 bits per heavy atom. The maximum atomic E-state index is 13.7. The predicted octanol–water partition coefficient (Wildman–Crippen LogP) is 3.03. The Balaban J connectivity index is 1.50. The predicted molar refractivity (Wildman–Crippen MR) is 97.1 cm³/mol. The van der Waals surface area contributed by atoms with Gasteiger partial charge in [-0.25, -0.2) is 9.18 Å². The van der Waals surface area contributed by atoms with E-state index in [1.165, 1.54) is 11.0 Å². The number of nitrogens with one attached hydrogen (secondary N) is 1. The molecule has 0 spiro atoms. The number of halogens is 2. The summed E-state index contributed by atoms with van der Waals surface area (Å²) in [7, 11) is 0. The number of rotatable bonds is 6. The third-order valence-electron chi connectivity index (χ3n) is 4.21. The maximum absolute atomic E-state index is 13.7. The van der Waals surface area contributed by atoms with Crippen LogP contribution in [-0.2, 0) is 17.9 Å². The van der Waals surface area contributed by atoms with Gasteiger partial charge in [-0.1, -0.05) is 41.9 Å². The number of hydrogen-bond donors (Lipinski definition) is 1. The first-order valence-corrected chi connectivity index (χ1v) is 8.69. The average Bonchev–Trinajstić information content (AvgIpc) is 2.95. The zero-order valence-corrected chi connectivity index (χ0v) is 14.9. The third kappa shape index (κ3) is 4.52. The van der Waals surface area contributed by atoms with Gasteiger partial charge < -0.3 is 15.1 Å². The van der Waals surface area contributed by atoms with Crippen LogP contribution in [0.2, 0.25) is 5.02 Å². The van der Waals surface area contributed by atoms with Crippen LogP contribution in [0.5, 0.6) is 0 Å². The SMILES string of the molecule is O=C(CN1CCN(Cc2ccccc2F)C1=O)NCc1cccc(Cl)c1. The molecule has 1 N–H and O–H groups in total. The Bertz CT molecular complexity index is 815. The van der Waals surface area contributed by atoms with Gasteiger partial charge in [-0.2, -0.15) is 0 Å². The maximum Gasteiger partial charge on any atom is 0.320 e. The van der Waals surface area contributed by atoms with Crippen molar-refractivity contribution >= 4 is 23.5 Å². The first kappa shape index (κ1) is 18.2. The topological polar surface area (TPSA) is 52.7 Å². The van der Waals surface area contributed by atoms with Crippen LogP contribution >= 0.6 is 11.6 Å². The molecular formula is C19H19ClFN3O2. The molecule has 0 saturated carbocycles. The van der Waals surface area contributed by atoms with E-state index in [0.717, 1.165) is 5.56 Å². The summed E-state index contributed by atoms with van der Waals surface area (Å²) in [6.07, 6.45) is 0. The monoisotopic (exact) mass is 375 g/mol. The van der Waals surface area contributed by atoms with Crippen LogP contribution in [0.25, 0.3) is 0 Å². The number of carbonyl (C=O) groups excluding carboxylic acids is 2. The highest BCUT2D eigenvalue weighted by Crippen LogP contribution is 2.15. The largest absolute Gasteiger partial charge is 0.350 e. The summed E-state index contributed by atoms with van der Waals surface area (Å²) < 4.78 is 13.7. The summed E-state index contributed by atoms with van der Waals surface area (Å²) in [6.45, 7) is 1.44. The molecule has 7 heteroatoms. The quantitative estimate of drug-likeness (QED) is 0.843. The van der Waals surface area contributed by atoms with E-state index in [1.54, 1.807) is 35.2 Å². The van der Waals surface area contributed by atoms with Gasteiger partial charge in [0.25, 0.3) is 0 Å². The first-order valence-electron chi connectivity index (χ1n) is 8.31. The lowest BCUT2D eigenvalue weighted by Crippen LogP contribution is -2.39. The van der Waals surface area contributed by atoms with Gasteiger partial charge in [0.15, 0.2) is 0 Å². The average molecular weight is 376 g/mol. The molecule has 1 aliphatic heterocycles. The molecule has 0 aliphatic carbocycles. The van der Waals surface area contributed by atoms with Gasteiger partial charge in [0.1, 0.15) is 12.4 Å². The molecule has 3 amide bonds. The fourth-order valence-electron chi connectivity index (χ4n) is 2.84. The molecule has 2 aromatic carbocycles. The van der Waals surface area contributed by atoms with Crippen LogP contribution in [0.3, 0.4) is 0 Å². The summed E-state index contributed by atoms with van der Waals surface area (Å²) in [5.74, 6) is -0.580. The van der Waals surface area contributed by atoms with Crippen LogP contribution in [0.1, 0.15) is 11.1 Å². The Morgan fingerprint density at radius 2 is 1.88 bits per heavy atom. The van der Waals surface area contributed by atoms with Gasteiger partial charge >= 0.3 is 6.03 Å². The van der Waals surface area contributed by atoms with Crippen molar-refractivity contribution in [1.82, 2.24) is 15.1 Å². The zero-order chi connectivity index (χ0) is 18.5. The zero-order valence-electron chi connectivity index (χ0n) is 14.1. The molecule has 26 heavy (non-hydrogen) atoms. The molecule has 1 heterocycles. The highest BCUT2D eigenvalue weighted by molar-refractivity contribution is 6.30. The number of hydrogen-bond acceptors (Lipinski definition) is 2. The molecular weight excluding hydrogens is 357 g/mol. The third-order valence-corrected chi connectivity index (χ3v) is 4.45. The molecule has 0 radical (unpaired) electrons. The summed E-state index contributed by atoms with van der Waals surface area (Å²) >= 11 is 5.91. The molecule has 0 unspecified atom stereocenters. The molecule has 1 saturated heterocycles. The molecule has 0 bridgehead atoms. The van der Waals surface area contributed by atoms with Gasteiger partial charge in [0.2, 0.25) is 5.91 Å². The minimum absolute atomic E-state index is 0.0207. The van der Waals surface area contributed by atoms with E-state index < -0.39 is 0 Å². The van der Waals surface area contributed by atoms with Crippen LogP contribution in [0, 0.1) is 5.82 Å². The highest BCUT2D eigenvalue weighted by Gasteiger charge is 2.30. The van der Waals surface area contributed by atoms with Gasteiger partial charge in [0, 0.05) is 30.2 Å². The second-order valence-electron chi connectivity index (χ2n) is 6.12. The van der Waals surface area contributed by atoms with E-state index in [2.05, 4.69) is 5.32 Å². The van der Waals surface area contributed by atoms with Gasteiger partial charge in [0.05, 0.1) is 6.54 Å². The summed E-state index contributed by atoms with van der Waals surface area (Å²) in [5.41, 5.74) is 1.35. The summed E-state index contributed by atoms with van der Waals surface area (Å²) in [6, 6.07) is 13.3. The molecule has 0 aromatic heterocycles. The van der Waals surface area contributed by atoms with Crippen molar-refractivity contribution in [2.45, 2.75) is 13.1 Å². The lowest BCUT2D eigenvalue weighted by molar-refractivity contribution is -0.121. The van der Waals surface area contributed by atoms with E-state index in [1.807, 2.05) is 12.1 Å². The fourth-order valence-corrected chi connectivity index (χ4v) is 3.05. The standard InChI is InChI=1S/C19H19ClFN3O2/c20-16-6-3-4-14(10-16)11-22-18(25)13-24-9-8-23(19(24)26)12-15-5-1-2-7-17(15)21/h1-7,10H,8-9,11-13H2,(H,22,25). The molecule has 5 nitrogen and oxygen atoms in total. The second kappa shape index (κ2) is 8.19. The van der Waals surface area contributed by atoms with Crippen molar-refractivity contribution in [1.29, 1.82) is 0 Å². The number of urea groups is 1. The normalized spacial score (nSPS) is 14.0. The van der Waals surface area contributed by atoms with E-state index in [-0.39, 0.29) is 30.8 Å². The molecule has 3 rings (SSSR count). The lowest BCUT2D eigenvalue weighted by Gasteiger charge is -2.18. The van der Waals surface area contributed by atoms with Crippen molar-refractivity contribution in [2.75, 3.05) is 19.6 Å². The van der Waals surface area contributed by atoms with Crippen LogP contribution < -0.4 is 5.32 Å². The first-order chi connectivity index (χ1) is 12.5. The van der Waals surface area contributed by atoms with Crippen molar-refractivity contribution in [3.8, 4) is 0 Å². The van der Waals surface area contributed by atoms with Gasteiger partial charge in [-0.05, 0) is 23.8 Å². The fraction of sp³-hybridized carbons (Fsp3) is 0.263. The molecule has 1 aliphatic rings. The molecule has 2 aromatic rings. The van der Waals surface area contributed by atoms with Gasteiger partial charge in [-0.15, -0.1) is 0 Å². The Hall–Kier alpha value is -2.60.